The van der Waals surface area contributed by atoms with Gasteiger partial charge in [0.25, 0.3) is 0 Å². The number of halogens is 3. The molecule has 20 heavy (non-hydrogen) atoms. The van der Waals surface area contributed by atoms with Crippen LogP contribution in [-0.2, 0) is 0 Å². The summed E-state index contributed by atoms with van der Waals surface area (Å²) in [6, 6.07) is 5.51. The van der Waals surface area contributed by atoms with E-state index in [1.807, 2.05) is 0 Å². The van der Waals surface area contributed by atoms with Gasteiger partial charge in [-0.2, -0.15) is 0 Å². The molecule has 0 saturated carbocycles. The Labute approximate surface area is 115 Å². The average Bonchev–Trinajstić information content (AvgIpc) is 2.37. The highest BCUT2D eigenvalue weighted by atomic mass is 19.4. The number of unbranched alkanes of at least 4 members (excludes halogenated alkanes) is 1. The van der Waals surface area contributed by atoms with Crippen LogP contribution in [-0.4, -0.2) is 31.2 Å². The summed E-state index contributed by atoms with van der Waals surface area (Å²) in [5.41, 5.74) is 6.26. The molecule has 0 spiro atoms. The highest BCUT2D eigenvalue weighted by Gasteiger charge is 2.31. The first-order chi connectivity index (χ1) is 9.46. The Morgan fingerprint density at radius 1 is 1.30 bits per heavy atom. The third-order valence-corrected chi connectivity index (χ3v) is 2.71. The van der Waals surface area contributed by atoms with Gasteiger partial charge >= 0.3 is 6.36 Å². The van der Waals surface area contributed by atoms with Gasteiger partial charge in [-0.05, 0) is 37.1 Å². The van der Waals surface area contributed by atoms with Crippen LogP contribution in [0.4, 0.5) is 13.2 Å². The maximum atomic E-state index is 12.2. The number of alkyl halides is 3. The van der Waals surface area contributed by atoms with E-state index < -0.39 is 6.36 Å². The minimum Gasteiger partial charge on any atom is -0.406 e. The van der Waals surface area contributed by atoms with E-state index in [0.717, 1.165) is 6.42 Å². The van der Waals surface area contributed by atoms with Gasteiger partial charge in [0, 0.05) is 19.2 Å². The Kier molecular flexibility index (Phi) is 6.77. The molecule has 0 aliphatic carbocycles. The van der Waals surface area contributed by atoms with Crippen LogP contribution in [0, 0.1) is 0 Å². The number of hydrogen-bond donors (Lipinski definition) is 3. The number of rotatable bonds is 8. The van der Waals surface area contributed by atoms with Gasteiger partial charge < -0.3 is 20.9 Å². The largest absolute Gasteiger partial charge is 0.573 e. The standard InChI is InChI=1S/C13H19F3N2O2/c14-13(15,16)20-11-5-3-4-10(8-11)12(9-17)18-6-1-2-7-19/h3-5,8,12,18-19H,1-2,6-7,9,17H2. The second-order valence-corrected chi connectivity index (χ2v) is 4.29. The van der Waals surface area contributed by atoms with Crippen LogP contribution in [0.1, 0.15) is 24.4 Å². The maximum Gasteiger partial charge on any atom is 0.573 e. The van der Waals surface area contributed by atoms with Crippen LogP contribution in [0.3, 0.4) is 0 Å². The third kappa shape index (κ3) is 6.23. The number of aliphatic hydroxyl groups excluding tert-OH is 1. The van der Waals surface area contributed by atoms with Crippen molar-refractivity contribution >= 4 is 0 Å². The molecule has 1 rings (SSSR count). The van der Waals surface area contributed by atoms with Crippen molar-refractivity contribution in [2.45, 2.75) is 25.2 Å². The SMILES string of the molecule is NCC(NCCCCO)c1cccc(OC(F)(F)F)c1. The minimum atomic E-state index is -4.70. The third-order valence-electron chi connectivity index (χ3n) is 2.71. The molecule has 0 bridgehead atoms. The van der Waals surface area contributed by atoms with Gasteiger partial charge in [0.15, 0.2) is 0 Å². The number of aliphatic hydroxyl groups is 1. The first-order valence-electron chi connectivity index (χ1n) is 6.36. The molecule has 0 fully saturated rings. The first kappa shape index (κ1) is 16.7. The Morgan fingerprint density at radius 3 is 2.65 bits per heavy atom. The molecule has 0 aliphatic heterocycles. The fourth-order valence-electron chi connectivity index (χ4n) is 1.78. The van der Waals surface area contributed by atoms with E-state index in [0.29, 0.717) is 18.5 Å². The van der Waals surface area contributed by atoms with Crippen molar-refractivity contribution in [3.8, 4) is 5.75 Å². The zero-order valence-electron chi connectivity index (χ0n) is 11.0. The van der Waals surface area contributed by atoms with Crippen LogP contribution >= 0.6 is 0 Å². The molecule has 0 aromatic heterocycles. The molecule has 0 amide bonds. The molecule has 4 nitrogen and oxygen atoms in total. The van der Waals surface area contributed by atoms with E-state index in [9.17, 15) is 13.2 Å². The lowest BCUT2D eigenvalue weighted by atomic mass is 10.1. The molecule has 114 valence electrons. The highest BCUT2D eigenvalue weighted by Crippen LogP contribution is 2.25. The Balaban J connectivity index is 2.65. The lowest BCUT2D eigenvalue weighted by Gasteiger charge is -2.18. The van der Waals surface area contributed by atoms with Crippen LogP contribution in [0.15, 0.2) is 24.3 Å². The monoisotopic (exact) mass is 292 g/mol. The Bertz CT molecular complexity index is 399. The summed E-state index contributed by atoms with van der Waals surface area (Å²) in [4.78, 5) is 0. The molecule has 1 unspecified atom stereocenters. The van der Waals surface area contributed by atoms with Gasteiger partial charge in [-0.15, -0.1) is 13.2 Å². The fourth-order valence-corrected chi connectivity index (χ4v) is 1.78. The molecular weight excluding hydrogens is 273 g/mol. The smallest absolute Gasteiger partial charge is 0.406 e. The molecule has 0 heterocycles. The van der Waals surface area contributed by atoms with Crippen molar-refractivity contribution in [2.24, 2.45) is 5.73 Å². The summed E-state index contributed by atoms with van der Waals surface area (Å²) in [7, 11) is 0. The highest BCUT2D eigenvalue weighted by molar-refractivity contribution is 5.31. The fraction of sp³-hybridized carbons (Fsp3) is 0.538. The van der Waals surface area contributed by atoms with Crippen molar-refractivity contribution in [1.82, 2.24) is 5.32 Å². The quantitative estimate of drug-likeness (QED) is 0.641. The molecule has 0 aliphatic rings. The zero-order valence-corrected chi connectivity index (χ0v) is 11.0. The molecule has 0 saturated heterocycles. The molecular formula is C13H19F3N2O2. The molecule has 1 aromatic rings. The van der Waals surface area contributed by atoms with Crippen molar-refractivity contribution in [1.29, 1.82) is 0 Å². The van der Waals surface area contributed by atoms with Crippen molar-refractivity contribution in [2.75, 3.05) is 19.7 Å². The lowest BCUT2D eigenvalue weighted by molar-refractivity contribution is -0.274. The predicted molar refractivity (Wildman–Crippen MR) is 69.2 cm³/mol. The van der Waals surface area contributed by atoms with E-state index >= 15 is 0 Å². The second kappa shape index (κ2) is 8.08. The average molecular weight is 292 g/mol. The minimum absolute atomic E-state index is 0.115. The van der Waals surface area contributed by atoms with E-state index in [1.165, 1.54) is 18.2 Å². The lowest BCUT2D eigenvalue weighted by Crippen LogP contribution is -2.29. The summed E-state index contributed by atoms with van der Waals surface area (Å²) in [6.07, 6.45) is -3.27. The van der Waals surface area contributed by atoms with E-state index in [2.05, 4.69) is 10.1 Å². The number of ether oxygens (including phenoxy) is 1. The Morgan fingerprint density at radius 2 is 2.05 bits per heavy atom. The predicted octanol–water partition coefficient (Wildman–Crippen LogP) is 1.95. The summed E-state index contributed by atoms with van der Waals surface area (Å²) in [6.45, 7) is 1.01. The molecule has 0 radical (unpaired) electrons. The summed E-state index contributed by atoms with van der Waals surface area (Å²) < 4.78 is 40.4. The van der Waals surface area contributed by atoms with E-state index in [4.69, 9.17) is 10.8 Å². The summed E-state index contributed by atoms with van der Waals surface area (Å²) >= 11 is 0. The van der Waals surface area contributed by atoms with Gasteiger partial charge in [-0.25, -0.2) is 0 Å². The topological polar surface area (TPSA) is 67.5 Å². The Hall–Kier alpha value is -1.31. The van der Waals surface area contributed by atoms with Crippen LogP contribution in [0.25, 0.3) is 0 Å². The molecule has 4 N–H and O–H groups in total. The van der Waals surface area contributed by atoms with Crippen LogP contribution in [0.2, 0.25) is 0 Å². The second-order valence-electron chi connectivity index (χ2n) is 4.29. The normalized spacial score (nSPS) is 13.2. The molecule has 7 heteroatoms. The van der Waals surface area contributed by atoms with Crippen LogP contribution < -0.4 is 15.8 Å². The van der Waals surface area contributed by atoms with Crippen molar-refractivity contribution in [3.63, 3.8) is 0 Å². The van der Waals surface area contributed by atoms with Crippen molar-refractivity contribution in [3.05, 3.63) is 29.8 Å². The molecule has 1 atom stereocenters. The van der Waals surface area contributed by atoms with Gasteiger partial charge in [0.1, 0.15) is 5.75 Å². The zero-order chi connectivity index (χ0) is 15.0. The first-order valence-corrected chi connectivity index (χ1v) is 6.36. The van der Waals surface area contributed by atoms with Gasteiger partial charge in [0.2, 0.25) is 0 Å². The number of nitrogens with two attached hydrogens (primary N) is 1. The molecule has 1 aromatic carbocycles. The number of hydrogen-bond acceptors (Lipinski definition) is 4. The summed E-state index contributed by atoms with van der Waals surface area (Å²) in [5, 5.41) is 11.8. The van der Waals surface area contributed by atoms with Gasteiger partial charge in [0.05, 0.1) is 0 Å². The number of nitrogens with one attached hydrogen (secondary N) is 1. The summed E-state index contributed by atoms with van der Waals surface area (Å²) in [5.74, 6) is -0.259. The van der Waals surface area contributed by atoms with Gasteiger partial charge in [-0.3, -0.25) is 0 Å². The number of benzene rings is 1. The van der Waals surface area contributed by atoms with Crippen LogP contribution in [0.5, 0.6) is 5.75 Å². The van der Waals surface area contributed by atoms with E-state index in [-0.39, 0.29) is 24.9 Å². The van der Waals surface area contributed by atoms with E-state index in [1.54, 1.807) is 6.07 Å². The maximum absolute atomic E-state index is 12.2. The van der Waals surface area contributed by atoms with Gasteiger partial charge in [-0.1, -0.05) is 12.1 Å². The van der Waals surface area contributed by atoms with Crippen molar-refractivity contribution < 1.29 is 23.0 Å².